The van der Waals surface area contributed by atoms with Crippen LogP contribution in [0.5, 0.6) is 0 Å². The Kier molecular flexibility index (Phi) is 6.60. The summed E-state index contributed by atoms with van der Waals surface area (Å²) in [5.41, 5.74) is 0. The number of rotatable bonds is 6. The normalized spacial score (nSPS) is 28.9. The second kappa shape index (κ2) is 7.48. The second-order valence-electron chi connectivity index (χ2n) is 5.95. The molecule has 3 atom stereocenters. The van der Waals surface area contributed by atoms with E-state index in [1.54, 1.807) is 0 Å². The fraction of sp³-hybridized carbons (Fsp3) is 1.00. The predicted octanol–water partition coefficient (Wildman–Crippen LogP) is 3.78. The molecule has 0 saturated heterocycles. The van der Waals surface area contributed by atoms with Gasteiger partial charge in [-0.05, 0) is 49.9 Å². The van der Waals surface area contributed by atoms with Crippen molar-refractivity contribution in [1.82, 2.24) is 0 Å². The molecule has 0 aromatic heterocycles. The fourth-order valence-electron chi connectivity index (χ4n) is 2.84. The lowest BCUT2D eigenvalue weighted by Crippen LogP contribution is -2.31. The summed E-state index contributed by atoms with van der Waals surface area (Å²) in [6.45, 7) is 3.32. The first-order valence-electron chi connectivity index (χ1n) is 7.12. The van der Waals surface area contributed by atoms with E-state index in [9.17, 15) is 18.3 Å². The Morgan fingerprint density at radius 3 is 2.53 bits per heavy atom. The van der Waals surface area contributed by atoms with E-state index < -0.39 is 12.8 Å². The maximum atomic E-state index is 11.9. The molecular formula is C14H25F3O2. The van der Waals surface area contributed by atoms with Gasteiger partial charge in [0.05, 0.1) is 6.10 Å². The molecule has 1 aliphatic rings. The number of aliphatic hydroxyl groups excluding tert-OH is 1. The molecule has 1 rings (SSSR count). The van der Waals surface area contributed by atoms with Gasteiger partial charge in [-0.25, -0.2) is 0 Å². The van der Waals surface area contributed by atoms with E-state index in [0.29, 0.717) is 18.3 Å². The van der Waals surface area contributed by atoms with Gasteiger partial charge in [-0.3, -0.25) is 0 Å². The highest BCUT2D eigenvalue weighted by atomic mass is 19.4. The molecule has 0 aliphatic heterocycles. The van der Waals surface area contributed by atoms with Gasteiger partial charge < -0.3 is 9.84 Å². The summed E-state index contributed by atoms with van der Waals surface area (Å²) in [4.78, 5) is 0. The highest BCUT2D eigenvalue weighted by Crippen LogP contribution is 2.36. The maximum Gasteiger partial charge on any atom is 0.411 e. The minimum absolute atomic E-state index is 0.120. The lowest BCUT2D eigenvalue weighted by molar-refractivity contribution is -0.174. The van der Waals surface area contributed by atoms with Crippen molar-refractivity contribution in [2.24, 2.45) is 17.8 Å². The molecule has 0 bridgehead atoms. The van der Waals surface area contributed by atoms with Gasteiger partial charge in [0.1, 0.15) is 6.61 Å². The van der Waals surface area contributed by atoms with Gasteiger partial charge in [0, 0.05) is 6.61 Å². The molecule has 0 radical (unpaired) electrons. The third-order valence-corrected chi connectivity index (χ3v) is 4.05. The van der Waals surface area contributed by atoms with Crippen molar-refractivity contribution in [3.8, 4) is 0 Å². The Bertz CT molecular complexity index is 254. The summed E-state index contributed by atoms with van der Waals surface area (Å²) < 4.78 is 40.2. The van der Waals surface area contributed by atoms with E-state index in [2.05, 4.69) is 18.6 Å². The molecule has 0 spiro atoms. The number of halogens is 3. The Labute approximate surface area is 113 Å². The predicted molar refractivity (Wildman–Crippen MR) is 67.8 cm³/mol. The van der Waals surface area contributed by atoms with Crippen molar-refractivity contribution in [3.63, 3.8) is 0 Å². The fourth-order valence-corrected chi connectivity index (χ4v) is 2.84. The van der Waals surface area contributed by atoms with Crippen LogP contribution in [0, 0.1) is 17.8 Å². The SMILES string of the molecule is CC(C)C1CCC(O)C(CCCOCC(F)(F)F)C1. The van der Waals surface area contributed by atoms with Crippen LogP contribution < -0.4 is 0 Å². The molecule has 1 N–H and O–H groups in total. The molecule has 0 amide bonds. The van der Waals surface area contributed by atoms with Crippen molar-refractivity contribution in [2.75, 3.05) is 13.2 Å². The first-order chi connectivity index (χ1) is 8.79. The van der Waals surface area contributed by atoms with Crippen molar-refractivity contribution in [1.29, 1.82) is 0 Å². The standard InChI is InChI=1S/C14H25F3O2/c1-10(2)11-5-6-13(18)12(8-11)4-3-7-19-9-14(15,16)17/h10-13,18H,3-9H2,1-2H3. The molecule has 2 nitrogen and oxygen atoms in total. The summed E-state index contributed by atoms with van der Waals surface area (Å²) in [5.74, 6) is 1.46. The van der Waals surface area contributed by atoms with Crippen molar-refractivity contribution < 1.29 is 23.0 Å². The van der Waals surface area contributed by atoms with E-state index in [0.717, 1.165) is 25.7 Å². The number of hydrogen-bond acceptors (Lipinski definition) is 2. The molecule has 0 heterocycles. The average molecular weight is 282 g/mol. The number of aliphatic hydroxyl groups is 1. The van der Waals surface area contributed by atoms with Crippen LogP contribution in [0.2, 0.25) is 0 Å². The largest absolute Gasteiger partial charge is 0.411 e. The Morgan fingerprint density at radius 2 is 1.95 bits per heavy atom. The Morgan fingerprint density at radius 1 is 1.26 bits per heavy atom. The number of ether oxygens (including phenoxy) is 1. The second-order valence-corrected chi connectivity index (χ2v) is 5.95. The molecule has 3 unspecified atom stereocenters. The molecule has 19 heavy (non-hydrogen) atoms. The summed E-state index contributed by atoms with van der Waals surface area (Å²) in [7, 11) is 0. The lowest BCUT2D eigenvalue weighted by atomic mass is 9.73. The minimum Gasteiger partial charge on any atom is -0.393 e. The highest BCUT2D eigenvalue weighted by Gasteiger charge is 2.30. The molecule has 1 fully saturated rings. The summed E-state index contributed by atoms with van der Waals surface area (Å²) >= 11 is 0. The van der Waals surface area contributed by atoms with Gasteiger partial charge in [-0.15, -0.1) is 0 Å². The zero-order chi connectivity index (χ0) is 14.5. The quantitative estimate of drug-likeness (QED) is 0.751. The topological polar surface area (TPSA) is 29.5 Å². The smallest absolute Gasteiger partial charge is 0.393 e. The molecule has 1 saturated carbocycles. The van der Waals surface area contributed by atoms with Crippen molar-refractivity contribution in [3.05, 3.63) is 0 Å². The van der Waals surface area contributed by atoms with Crippen LogP contribution in [-0.4, -0.2) is 30.6 Å². The summed E-state index contributed by atoms with van der Waals surface area (Å²) in [5, 5.41) is 9.93. The first kappa shape index (κ1) is 16.8. The van der Waals surface area contributed by atoms with Gasteiger partial charge >= 0.3 is 6.18 Å². The minimum atomic E-state index is -4.24. The van der Waals surface area contributed by atoms with Crippen LogP contribution >= 0.6 is 0 Å². The molecule has 1 aliphatic carbocycles. The van der Waals surface area contributed by atoms with Crippen LogP contribution in [0.1, 0.15) is 46.0 Å². The van der Waals surface area contributed by atoms with Gasteiger partial charge in [0.25, 0.3) is 0 Å². The third kappa shape index (κ3) is 6.61. The highest BCUT2D eigenvalue weighted by molar-refractivity contribution is 4.81. The van der Waals surface area contributed by atoms with E-state index >= 15 is 0 Å². The third-order valence-electron chi connectivity index (χ3n) is 4.05. The first-order valence-corrected chi connectivity index (χ1v) is 7.12. The van der Waals surface area contributed by atoms with Crippen LogP contribution in [0.4, 0.5) is 13.2 Å². The summed E-state index contributed by atoms with van der Waals surface area (Å²) in [6, 6.07) is 0. The maximum absolute atomic E-state index is 11.9. The van der Waals surface area contributed by atoms with E-state index in [1.165, 1.54) is 0 Å². The number of hydrogen-bond donors (Lipinski definition) is 1. The van der Waals surface area contributed by atoms with Crippen LogP contribution in [0.25, 0.3) is 0 Å². The Hall–Kier alpha value is -0.290. The van der Waals surface area contributed by atoms with Crippen LogP contribution in [0.15, 0.2) is 0 Å². The van der Waals surface area contributed by atoms with Crippen molar-refractivity contribution in [2.45, 2.75) is 58.2 Å². The number of alkyl halides is 3. The molecule has 0 aromatic carbocycles. The lowest BCUT2D eigenvalue weighted by Gasteiger charge is -2.35. The average Bonchev–Trinajstić information content (AvgIpc) is 2.29. The van der Waals surface area contributed by atoms with Crippen LogP contribution in [-0.2, 0) is 4.74 Å². The zero-order valence-electron chi connectivity index (χ0n) is 11.7. The zero-order valence-corrected chi connectivity index (χ0v) is 11.7. The van der Waals surface area contributed by atoms with Gasteiger partial charge in [0.15, 0.2) is 0 Å². The van der Waals surface area contributed by atoms with Crippen LogP contribution in [0.3, 0.4) is 0 Å². The van der Waals surface area contributed by atoms with Gasteiger partial charge in [-0.1, -0.05) is 13.8 Å². The molecule has 114 valence electrons. The van der Waals surface area contributed by atoms with E-state index in [1.807, 2.05) is 0 Å². The molecule has 0 aromatic rings. The molecular weight excluding hydrogens is 257 g/mol. The van der Waals surface area contributed by atoms with Gasteiger partial charge in [-0.2, -0.15) is 13.2 Å². The Balaban J connectivity index is 2.20. The molecule has 5 heteroatoms. The van der Waals surface area contributed by atoms with E-state index in [4.69, 9.17) is 0 Å². The van der Waals surface area contributed by atoms with Gasteiger partial charge in [0.2, 0.25) is 0 Å². The summed E-state index contributed by atoms with van der Waals surface area (Å²) in [6.07, 6.45) is -0.343. The monoisotopic (exact) mass is 282 g/mol. The van der Waals surface area contributed by atoms with Crippen molar-refractivity contribution >= 4 is 0 Å². The van der Waals surface area contributed by atoms with E-state index in [-0.39, 0.29) is 18.6 Å².